The van der Waals surface area contributed by atoms with E-state index >= 15 is 0 Å². The SMILES string of the molecule is CC#CC#CC#CC#CC#CC#CC#CC#CC#CC#CC#CC#CC(=O)N[C@@H](CO[C@@H]1OC(CO)[C@H](O)[C@H](O)C1O)[C@H](O)CC. The number of hydrogen-bond acceptors (Lipinski definition) is 8. The third-order valence-electron chi connectivity index (χ3n) is 5.10. The molecule has 0 aromatic carbocycles. The highest BCUT2D eigenvalue weighted by atomic mass is 16.7. The highest BCUT2D eigenvalue weighted by Gasteiger charge is 2.44. The highest BCUT2D eigenvalue weighted by Crippen LogP contribution is 2.22. The van der Waals surface area contributed by atoms with Crippen LogP contribution in [0.3, 0.4) is 0 Å². The summed E-state index contributed by atoms with van der Waals surface area (Å²) in [6.07, 6.45) is -8.19. The van der Waals surface area contributed by atoms with Gasteiger partial charge in [-0.2, -0.15) is 0 Å². The second-order valence-corrected chi connectivity index (χ2v) is 8.21. The molecule has 0 bridgehead atoms. The first kappa shape index (κ1) is 37.9. The standard InChI is InChI=1S/C37H25NO8/c1-3-5-6-7-8-9-10-11-12-13-14-15-16-17-18-19-20-21-22-23-24-25-26-27-33(41)38-30(31(40)4-2)29-45-37-36(44)35(43)34(42)32(28-39)46-37/h30-32,34-37,39-40,42-44H,4,28-29H2,1-2H3,(H,38,41)/t30-,31+,32?,34-,35-,36?,37+/m0/s1. The molecule has 1 aliphatic heterocycles. The molecule has 9 heteroatoms. The average molecular weight is 612 g/mol. The van der Waals surface area contributed by atoms with E-state index in [2.05, 4.69) is 147 Å². The van der Waals surface area contributed by atoms with Gasteiger partial charge in [0.15, 0.2) is 6.29 Å². The molecule has 1 rings (SSSR count). The molecule has 0 radical (unpaired) electrons. The van der Waals surface area contributed by atoms with Crippen LogP contribution in [0.5, 0.6) is 0 Å². The maximum atomic E-state index is 12.2. The monoisotopic (exact) mass is 611 g/mol. The van der Waals surface area contributed by atoms with Crippen LogP contribution < -0.4 is 5.32 Å². The van der Waals surface area contributed by atoms with E-state index in [9.17, 15) is 30.3 Å². The maximum Gasteiger partial charge on any atom is 0.297 e. The van der Waals surface area contributed by atoms with Crippen LogP contribution in [-0.4, -0.2) is 87.5 Å². The van der Waals surface area contributed by atoms with Crippen molar-refractivity contribution in [2.45, 2.75) is 63.1 Å². The summed E-state index contributed by atoms with van der Waals surface area (Å²) in [6.45, 7) is 2.38. The average Bonchev–Trinajstić information content (AvgIpc) is 3.06. The number of nitrogens with one attached hydrogen (secondary N) is 1. The number of ether oxygens (including phenoxy) is 2. The minimum atomic E-state index is -1.63. The fraction of sp³-hybridized carbons (Fsp3) is 0.324. The summed E-state index contributed by atoms with van der Waals surface area (Å²) >= 11 is 0. The van der Waals surface area contributed by atoms with Crippen LogP contribution in [0.1, 0.15) is 20.3 Å². The van der Waals surface area contributed by atoms with Gasteiger partial charge in [-0.1, -0.05) is 12.8 Å². The van der Waals surface area contributed by atoms with Crippen molar-refractivity contribution in [3.63, 3.8) is 0 Å². The van der Waals surface area contributed by atoms with Crippen molar-refractivity contribution in [3.8, 4) is 142 Å². The summed E-state index contributed by atoms with van der Waals surface area (Å²) < 4.78 is 10.7. The van der Waals surface area contributed by atoms with Gasteiger partial charge in [0.1, 0.15) is 24.4 Å². The highest BCUT2D eigenvalue weighted by molar-refractivity contribution is 5.94. The second kappa shape index (κ2) is 24.4. The molecular weight excluding hydrogens is 586 g/mol. The predicted molar refractivity (Wildman–Crippen MR) is 167 cm³/mol. The van der Waals surface area contributed by atoms with E-state index in [1.807, 2.05) is 0 Å². The van der Waals surface area contributed by atoms with E-state index in [0.29, 0.717) is 0 Å². The van der Waals surface area contributed by atoms with Crippen molar-refractivity contribution in [1.29, 1.82) is 0 Å². The topological polar surface area (TPSA) is 149 Å². The second-order valence-electron chi connectivity index (χ2n) is 8.21. The lowest BCUT2D eigenvalue weighted by Gasteiger charge is -2.40. The van der Waals surface area contributed by atoms with Crippen LogP contribution in [0.2, 0.25) is 0 Å². The molecule has 46 heavy (non-hydrogen) atoms. The summed E-state index contributed by atoms with van der Waals surface area (Å²) in [5, 5.41) is 51.8. The van der Waals surface area contributed by atoms with Crippen LogP contribution in [0.15, 0.2) is 0 Å². The molecular formula is C37H25NO8. The molecule has 1 aliphatic rings. The van der Waals surface area contributed by atoms with Gasteiger partial charge in [0.05, 0.1) is 25.4 Å². The molecule has 226 valence electrons. The van der Waals surface area contributed by atoms with Gasteiger partial charge in [0.25, 0.3) is 5.91 Å². The van der Waals surface area contributed by atoms with Gasteiger partial charge >= 0.3 is 0 Å². The Morgan fingerprint density at radius 1 is 0.696 bits per heavy atom. The smallest absolute Gasteiger partial charge is 0.297 e. The quantitative estimate of drug-likeness (QED) is 0.168. The van der Waals surface area contributed by atoms with E-state index in [1.165, 1.54) is 0 Å². The summed E-state index contributed by atoms with van der Waals surface area (Å²) in [5.41, 5.74) is 0. The Labute approximate surface area is 269 Å². The minimum Gasteiger partial charge on any atom is -0.394 e. The van der Waals surface area contributed by atoms with E-state index in [4.69, 9.17) is 9.47 Å². The zero-order valence-corrected chi connectivity index (χ0v) is 24.6. The van der Waals surface area contributed by atoms with Gasteiger partial charge in [-0.3, -0.25) is 4.79 Å². The molecule has 9 nitrogen and oxygen atoms in total. The molecule has 1 heterocycles. The van der Waals surface area contributed by atoms with Crippen molar-refractivity contribution in [2.75, 3.05) is 13.2 Å². The van der Waals surface area contributed by atoms with Gasteiger partial charge in [0.2, 0.25) is 0 Å². The first-order chi connectivity index (χ1) is 22.3. The van der Waals surface area contributed by atoms with Crippen molar-refractivity contribution in [3.05, 3.63) is 0 Å². The van der Waals surface area contributed by atoms with Crippen molar-refractivity contribution in [1.82, 2.24) is 5.32 Å². The minimum absolute atomic E-state index is 0.244. The molecule has 1 saturated heterocycles. The lowest BCUT2D eigenvalue weighted by molar-refractivity contribution is -0.302. The van der Waals surface area contributed by atoms with Crippen LogP contribution in [0.4, 0.5) is 0 Å². The number of aliphatic hydroxyl groups excluding tert-OH is 5. The van der Waals surface area contributed by atoms with Gasteiger partial charge < -0.3 is 40.3 Å². The summed E-state index contributed by atoms with van der Waals surface area (Å²) in [6, 6.07) is -0.961. The van der Waals surface area contributed by atoms with E-state index in [-0.39, 0.29) is 13.0 Å². The zero-order chi connectivity index (χ0) is 33.8. The lowest BCUT2D eigenvalue weighted by atomic mass is 9.99. The Bertz CT molecular complexity index is 1870. The molecule has 7 atom stereocenters. The zero-order valence-electron chi connectivity index (χ0n) is 24.6. The Balaban J connectivity index is 2.57. The number of carbonyl (C=O) groups is 1. The van der Waals surface area contributed by atoms with E-state index in [1.54, 1.807) is 13.8 Å². The normalized spacial score (nSPS) is 18.8. The van der Waals surface area contributed by atoms with Gasteiger partial charge in [-0.25, -0.2) is 0 Å². The number of amides is 1. The number of aliphatic hydroxyl groups is 5. The first-order valence-electron chi connectivity index (χ1n) is 13.2. The number of hydrogen-bond donors (Lipinski definition) is 6. The van der Waals surface area contributed by atoms with Crippen LogP contribution >= 0.6 is 0 Å². The molecule has 1 amide bonds. The molecule has 0 aromatic rings. The van der Waals surface area contributed by atoms with Crippen molar-refractivity contribution < 1.29 is 39.8 Å². The first-order valence-corrected chi connectivity index (χ1v) is 13.2. The lowest BCUT2D eigenvalue weighted by Crippen LogP contribution is -2.60. The fourth-order valence-electron chi connectivity index (χ4n) is 2.92. The van der Waals surface area contributed by atoms with E-state index < -0.39 is 55.4 Å². The number of carbonyl (C=O) groups excluding carboxylic acids is 1. The van der Waals surface area contributed by atoms with Crippen LogP contribution in [-0.2, 0) is 14.3 Å². The Morgan fingerprint density at radius 2 is 1.11 bits per heavy atom. The fourth-order valence-corrected chi connectivity index (χ4v) is 2.92. The molecule has 0 aromatic heterocycles. The number of rotatable bonds is 7. The molecule has 0 spiro atoms. The largest absolute Gasteiger partial charge is 0.394 e. The summed E-state index contributed by atoms with van der Waals surface area (Å²) in [5.74, 6) is 58.2. The molecule has 0 saturated carbocycles. The van der Waals surface area contributed by atoms with Gasteiger partial charge in [0, 0.05) is 41.4 Å². The third kappa shape index (κ3) is 16.5. The summed E-state index contributed by atoms with van der Waals surface area (Å²) in [4.78, 5) is 12.2. The summed E-state index contributed by atoms with van der Waals surface area (Å²) in [7, 11) is 0. The van der Waals surface area contributed by atoms with Gasteiger partial charge in [-0.05, 0) is 108 Å². The van der Waals surface area contributed by atoms with Crippen molar-refractivity contribution >= 4 is 5.91 Å². The van der Waals surface area contributed by atoms with Crippen molar-refractivity contribution in [2.24, 2.45) is 0 Å². The Hall–Kier alpha value is -6.09. The van der Waals surface area contributed by atoms with Gasteiger partial charge in [-0.15, -0.1) is 0 Å². The Morgan fingerprint density at radius 3 is 1.50 bits per heavy atom. The predicted octanol–water partition coefficient (Wildman–Crippen LogP) is -2.88. The van der Waals surface area contributed by atoms with Crippen LogP contribution in [0.25, 0.3) is 0 Å². The molecule has 2 unspecified atom stereocenters. The molecule has 1 fully saturated rings. The molecule has 0 aliphatic carbocycles. The molecule has 6 N–H and O–H groups in total. The Kier molecular flexibility index (Phi) is 20.1. The van der Waals surface area contributed by atoms with E-state index in [0.717, 1.165) is 0 Å². The third-order valence-corrected chi connectivity index (χ3v) is 5.10. The van der Waals surface area contributed by atoms with Crippen LogP contribution in [0, 0.1) is 142 Å². The maximum absolute atomic E-state index is 12.2.